The van der Waals surface area contributed by atoms with Crippen molar-refractivity contribution in [3.8, 4) is 11.5 Å². The van der Waals surface area contributed by atoms with Gasteiger partial charge in [-0.05, 0) is 18.4 Å². The second kappa shape index (κ2) is 9.98. The van der Waals surface area contributed by atoms with E-state index in [-0.39, 0.29) is 13.2 Å². The number of rotatable bonds is 9. The fourth-order valence-corrected chi connectivity index (χ4v) is 3.90. The summed E-state index contributed by atoms with van der Waals surface area (Å²) in [6.07, 6.45) is 7.95. The van der Waals surface area contributed by atoms with Crippen LogP contribution in [0.5, 0.6) is 11.5 Å². The molecule has 0 N–H and O–H groups in total. The molecular weight excluding hydrogens is 388 g/mol. The Hall–Kier alpha value is -3.53. The van der Waals surface area contributed by atoms with Gasteiger partial charge < -0.3 is 14.2 Å². The molecule has 0 fully saturated rings. The molecule has 4 heteroatoms. The van der Waals surface area contributed by atoms with Crippen molar-refractivity contribution in [3.05, 3.63) is 96.1 Å². The number of allylic oxidation sites excluding steroid dienone is 2. The van der Waals surface area contributed by atoms with Crippen LogP contribution in [0.3, 0.4) is 0 Å². The Morgan fingerprint density at radius 1 is 0.806 bits per heavy atom. The van der Waals surface area contributed by atoms with Crippen molar-refractivity contribution in [2.75, 3.05) is 19.8 Å². The van der Waals surface area contributed by atoms with Gasteiger partial charge >= 0.3 is 5.97 Å². The second-order valence-corrected chi connectivity index (χ2v) is 7.34. The molecule has 1 aliphatic carbocycles. The van der Waals surface area contributed by atoms with Gasteiger partial charge in [0.2, 0.25) is 0 Å². The van der Waals surface area contributed by atoms with E-state index in [1.54, 1.807) is 0 Å². The highest BCUT2D eigenvalue weighted by molar-refractivity contribution is 5.96. The molecule has 0 aromatic heterocycles. The Balaban J connectivity index is 1.61. The van der Waals surface area contributed by atoms with Gasteiger partial charge in [0, 0.05) is 34.4 Å². The standard InChI is InChI=1S/C27H26O4/c1-2-25(28)29-18-19-31-27-23-14-8-6-12-21(23)26(22-13-7-9-15-24(22)27)30-17-16-20-10-4-3-5-11-20/h2-12,14H,1,13,15-19H2. The number of hydrogen-bond donors (Lipinski definition) is 0. The Labute approximate surface area is 182 Å². The first-order valence-electron chi connectivity index (χ1n) is 10.6. The van der Waals surface area contributed by atoms with Gasteiger partial charge in [-0.1, -0.05) is 73.3 Å². The van der Waals surface area contributed by atoms with Gasteiger partial charge in [-0.25, -0.2) is 4.79 Å². The largest absolute Gasteiger partial charge is 0.492 e. The highest BCUT2D eigenvalue weighted by Gasteiger charge is 2.22. The molecule has 0 bridgehead atoms. The molecule has 0 saturated heterocycles. The SMILES string of the molecule is C=CC(=O)OCCOc1c2c(c(OCCc3ccccc3)c3ccccc13)CC=CC2. The fourth-order valence-electron chi connectivity index (χ4n) is 3.90. The van der Waals surface area contributed by atoms with Crippen LogP contribution in [-0.2, 0) is 28.8 Å². The Bertz CT molecular complexity index is 1100. The van der Waals surface area contributed by atoms with Crippen molar-refractivity contribution in [3.63, 3.8) is 0 Å². The van der Waals surface area contributed by atoms with Crippen molar-refractivity contribution in [1.82, 2.24) is 0 Å². The maximum Gasteiger partial charge on any atom is 0.330 e. The quantitative estimate of drug-likeness (QED) is 0.208. The molecule has 4 rings (SSSR count). The van der Waals surface area contributed by atoms with Crippen LogP contribution in [0.1, 0.15) is 16.7 Å². The minimum absolute atomic E-state index is 0.180. The summed E-state index contributed by atoms with van der Waals surface area (Å²) < 4.78 is 17.6. The normalized spacial score (nSPS) is 12.3. The number of carbonyl (C=O) groups excluding carboxylic acids is 1. The zero-order valence-electron chi connectivity index (χ0n) is 17.5. The van der Waals surface area contributed by atoms with Gasteiger partial charge in [-0.3, -0.25) is 0 Å². The number of ether oxygens (including phenoxy) is 3. The Morgan fingerprint density at radius 3 is 2.00 bits per heavy atom. The molecule has 4 nitrogen and oxygen atoms in total. The molecule has 3 aromatic rings. The average Bonchev–Trinajstić information content (AvgIpc) is 2.83. The second-order valence-electron chi connectivity index (χ2n) is 7.34. The summed E-state index contributed by atoms with van der Waals surface area (Å²) >= 11 is 0. The molecular formula is C27H26O4. The molecule has 158 valence electrons. The van der Waals surface area contributed by atoms with Crippen molar-refractivity contribution < 1.29 is 19.0 Å². The smallest absolute Gasteiger partial charge is 0.330 e. The van der Waals surface area contributed by atoms with Gasteiger partial charge in [-0.2, -0.15) is 0 Å². The van der Waals surface area contributed by atoms with Crippen molar-refractivity contribution in [2.24, 2.45) is 0 Å². The molecule has 0 radical (unpaired) electrons. The summed E-state index contributed by atoms with van der Waals surface area (Å²) in [6, 6.07) is 18.5. The fraction of sp³-hybridized carbons (Fsp3) is 0.222. The van der Waals surface area contributed by atoms with Gasteiger partial charge in [0.05, 0.1) is 6.61 Å². The van der Waals surface area contributed by atoms with Gasteiger partial charge in [0.25, 0.3) is 0 Å². The van der Waals surface area contributed by atoms with Gasteiger partial charge in [0.1, 0.15) is 24.7 Å². The predicted octanol–water partition coefficient (Wildman–Crippen LogP) is 5.22. The number of esters is 1. The van der Waals surface area contributed by atoms with Crippen LogP contribution >= 0.6 is 0 Å². The first-order valence-corrected chi connectivity index (χ1v) is 10.6. The van der Waals surface area contributed by atoms with E-state index in [4.69, 9.17) is 14.2 Å². The molecule has 0 atom stereocenters. The summed E-state index contributed by atoms with van der Waals surface area (Å²) in [5.74, 6) is 1.34. The van der Waals surface area contributed by atoms with Crippen LogP contribution in [0.15, 0.2) is 79.4 Å². The van der Waals surface area contributed by atoms with Gasteiger partial charge in [-0.15, -0.1) is 0 Å². The average molecular weight is 415 g/mol. The number of hydrogen-bond acceptors (Lipinski definition) is 4. The van der Waals surface area contributed by atoms with E-state index >= 15 is 0 Å². The summed E-state index contributed by atoms with van der Waals surface area (Å²) in [7, 11) is 0. The first kappa shape index (κ1) is 20.7. The minimum atomic E-state index is -0.444. The number of fused-ring (bicyclic) bond motifs is 2. The summed E-state index contributed by atoms with van der Waals surface area (Å²) in [5.41, 5.74) is 3.58. The van der Waals surface area contributed by atoms with Crippen LogP contribution in [0.2, 0.25) is 0 Å². The van der Waals surface area contributed by atoms with Crippen LogP contribution in [-0.4, -0.2) is 25.8 Å². The third-order valence-corrected chi connectivity index (χ3v) is 5.36. The maximum atomic E-state index is 11.3. The zero-order valence-corrected chi connectivity index (χ0v) is 17.5. The monoisotopic (exact) mass is 414 g/mol. The first-order chi connectivity index (χ1) is 15.3. The van der Waals surface area contributed by atoms with Crippen molar-refractivity contribution in [1.29, 1.82) is 0 Å². The van der Waals surface area contributed by atoms with E-state index < -0.39 is 5.97 Å². The Morgan fingerprint density at radius 2 is 1.39 bits per heavy atom. The highest BCUT2D eigenvalue weighted by Crippen LogP contribution is 2.43. The van der Waals surface area contributed by atoms with Crippen LogP contribution in [0.25, 0.3) is 10.8 Å². The molecule has 3 aromatic carbocycles. The van der Waals surface area contributed by atoms with Crippen LogP contribution < -0.4 is 9.47 Å². The van der Waals surface area contributed by atoms with E-state index in [2.05, 4.69) is 55.1 Å². The molecule has 0 amide bonds. The number of carbonyl (C=O) groups is 1. The molecule has 1 aliphatic rings. The van der Waals surface area contributed by atoms with Gasteiger partial charge in [0.15, 0.2) is 0 Å². The topological polar surface area (TPSA) is 44.8 Å². The molecule has 0 unspecified atom stereocenters. The van der Waals surface area contributed by atoms with E-state index in [0.717, 1.165) is 53.2 Å². The van der Waals surface area contributed by atoms with Crippen molar-refractivity contribution >= 4 is 16.7 Å². The summed E-state index contributed by atoms with van der Waals surface area (Å²) in [5, 5.41) is 2.06. The summed E-state index contributed by atoms with van der Waals surface area (Å²) in [4.78, 5) is 11.3. The summed E-state index contributed by atoms with van der Waals surface area (Å²) in [6.45, 7) is 4.49. The van der Waals surface area contributed by atoms with E-state index in [0.29, 0.717) is 6.61 Å². The third kappa shape index (κ3) is 4.80. The van der Waals surface area contributed by atoms with E-state index in [1.807, 2.05) is 18.2 Å². The molecule has 0 aliphatic heterocycles. The highest BCUT2D eigenvalue weighted by atomic mass is 16.6. The zero-order chi connectivity index (χ0) is 21.5. The number of benzene rings is 3. The van der Waals surface area contributed by atoms with E-state index in [1.165, 1.54) is 11.1 Å². The lowest BCUT2D eigenvalue weighted by molar-refractivity contribution is -0.138. The van der Waals surface area contributed by atoms with Crippen LogP contribution in [0.4, 0.5) is 0 Å². The molecule has 31 heavy (non-hydrogen) atoms. The van der Waals surface area contributed by atoms with Crippen LogP contribution in [0, 0.1) is 0 Å². The predicted molar refractivity (Wildman–Crippen MR) is 123 cm³/mol. The minimum Gasteiger partial charge on any atom is -0.492 e. The maximum absolute atomic E-state index is 11.3. The molecule has 0 saturated carbocycles. The lowest BCUT2D eigenvalue weighted by Crippen LogP contribution is -2.13. The lowest BCUT2D eigenvalue weighted by atomic mass is 9.90. The molecule has 0 spiro atoms. The van der Waals surface area contributed by atoms with E-state index in [9.17, 15) is 4.79 Å². The third-order valence-electron chi connectivity index (χ3n) is 5.36. The van der Waals surface area contributed by atoms with Crippen molar-refractivity contribution in [2.45, 2.75) is 19.3 Å². The lowest BCUT2D eigenvalue weighted by Gasteiger charge is -2.23. The molecule has 0 heterocycles. The Kier molecular flexibility index (Phi) is 6.68.